The molecule has 0 radical (unpaired) electrons. The molecule has 1 atom stereocenters. The number of carbonyl (C=O) groups is 2. The van der Waals surface area contributed by atoms with E-state index in [0.717, 1.165) is 12.1 Å². The first kappa shape index (κ1) is 17.0. The van der Waals surface area contributed by atoms with Crippen LogP contribution in [0, 0.1) is 0 Å². The van der Waals surface area contributed by atoms with Gasteiger partial charge in [-0.15, -0.1) is 0 Å². The number of benzene rings is 2. The minimum atomic E-state index is -0.583. The van der Waals surface area contributed by atoms with Crippen LogP contribution in [0.4, 0.5) is 11.4 Å². The quantitative estimate of drug-likeness (QED) is 0.820. The van der Waals surface area contributed by atoms with E-state index in [4.69, 9.17) is 4.74 Å². The van der Waals surface area contributed by atoms with Crippen molar-refractivity contribution in [2.24, 2.45) is 0 Å². The monoisotopic (exact) mass is 338 g/mol. The molecule has 1 N–H and O–H groups in total. The molecule has 5 heteroatoms. The molecule has 130 valence electrons. The molecule has 0 aromatic heterocycles. The van der Waals surface area contributed by atoms with Crippen molar-refractivity contribution in [1.82, 2.24) is 0 Å². The number of ether oxygens (including phenoxy) is 1. The maximum absolute atomic E-state index is 12.7. The molecule has 1 saturated heterocycles. The topological polar surface area (TPSA) is 58.6 Å². The molecule has 5 nitrogen and oxygen atoms in total. The number of rotatable bonds is 6. The number of hydrogen-bond acceptors (Lipinski definition) is 4. The van der Waals surface area contributed by atoms with Crippen molar-refractivity contribution in [1.29, 1.82) is 0 Å². The summed E-state index contributed by atoms with van der Waals surface area (Å²) in [5, 5.41) is 3.16. The fraction of sp³-hybridized carbons (Fsp3) is 0.300. The van der Waals surface area contributed by atoms with Crippen LogP contribution in [0.5, 0.6) is 5.75 Å². The highest BCUT2D eigenvalue weighted by atomic mass is 16.5. The van der Waals surface area contributed by atoms with Crippen LogP contribution in [0.15, 0.2) is 48.5 Å². The van der Waals surface area contributed by atoms with Crippen LogP contribution >= 0.6 is 0 Å². The molecular formula is C20H22N2O3. The SMILES string of the molecule is CCOc1ccccc1NC1CC(=O)N(c2ccc(CC)cc2)C1=O. The molecule has 0 saturated carbocycles. The maximum Gasteiger partial charge on any atom is 0.256 e. The minimum absolute atomic E-state index is 0.134. The Morgan fingerprint density at radius 2 is 1.80 bits per heavy atom. The highest BCUT2D eigenvalue weighted by Gasteiger charge is 2.39. The van der Waals surface area contributed by atoms with Gasteiger partial charge in [0.15, 0.2) is 0 Å². The van der Waals surface area contributed by atoms with E-state index in [9.17, 15) is 9.59 Å². The summed E-state index contributed by atoms with van der Waals surface area (Å²) in [6, 6.07) is 14.4. The van der Waals surface area contributed by atoms with Crippen LogP contribution in [-0.2, 0) is 16.0 Å². The van der Waals surface area contributed by atoms with Gasteiger partial charge in [-0.25, -0.2) is 4.90 Å². The van der Waals surface area contributed by atoms with Crippen LogP contribution in [0.1, 0.15) is 25.8 Å². The Morgan fingerprint density at radius 1 is 1.08 bits per heavy atom. The van der Waals surface area contributed by atoms with E-state index in [1.165, 1.54) is 10.5 Å². The van der Waals surface area contributed by atoms with E-state index in [-0.39, 0.29) is 18.2 Å². The Morgan fingerprint density at radius 3 is 2.48 bits per heavy atom. The van der Waals surface area contributed by atoms with Crippen LogP contribution in [0.3, 0.4) is 0 Å². The number of nitrogens with zero attached hydrogens (tertiary/aromatic N) is 1. The summed E-state index contributed by atoms with van der Waals surface area (Å²) < 4.78 is 5.57. The van der Waals surface area contributed by atoms with Crippen molar-refractivity contribution in [2.75, 3.05) is 16.8 Å². The number of nitrogens with one attached hydrogen (secondary N) is 1. The summed E-state index contributed by atoms with van der Waals surface area (Å²) in [7, 11) is 0. The second kappa shape index (κ2) is 7.38. The molecule has 0 spiro atoms. The van der Waals surface area contributed by atoms with E-state index < -0.39 is 6.04 Å². The van der Waals surface area contributed by atoms with Crippen LogP contribution in [-0.4, -0.2) is 24.5 Å². The minimum Gasteiger partial charge on any atom is -0.492 e. The number of para-hydroxylation sites is 2. The molecule has 0 aliphatic carbocycles. The first-order valence-electron chi connectivity index (χ1n) is 8.58. The third kappa shape index (κ3) is 3.50. The van der Waals surface area contributed by atoms with Crippen molar-refractivity contribution >= 4 is 23.2 Å². The zero-order valence-electron chi connectivity index (χ0n) is 14.5. The Kier molecular flexibility index (Phi) is 5.03. The maximum atomic E-state index is 12.7. The summed E-state index contributed by atoms with van der Waals surface area (Å²) in [6.07, 6.45) is 1.05. The van der Waals surface area contributed by atoms with Gasteiger partial charge in [0, 0.05) is 0 Å². The van der Waals surface area contributed by atoms with Gasteiger partial charge < -0.3 is 10.1 Å². The molecule has 1 aliphatic heterocycles. The van der Waals surface area contributed by atoms with Gasteiger partial charge in [0.2, 0.25) is 5.91 Å². The summed E-state index contributed by atoms with van der Waals surface area (Å²) >= 11 is 0. The van der Waals surface area contributed by atoms with E-state index in [2.05, 4.69) is 12.2 Å². The average molecular weight is 338 g/mol. The van der Waals surface area contributed by atoms with E-state index in [0.29, 0.717) is 18.0 Å². The second-order valence-corrected chi connectivity index (χ2v) is 5.92. The molecule has 1 unspecified atom stereocenters. The summed E-state index contributed by atoms with van der Waals surface area (Å²) in [5.41, 5.74) is 2.51. The normalized spacial score (nSPS) is 17.0. The van der Waals surface area contributed by atoms with E-state index in [1.54, 1.807) is 0 Å². The lowest BCUT2D eigenvalue weighted by Crippen LogP contribution is -2.34. The molecule has 2 aromatic carbocycles. The molecule has 25 heavy (non-hydrogen) atoms. The molecule has 2 amide bonds. The Bertz CT molecular complexity index is 771. The fourth-order valence-corrected chi connectivity index (χ4v) is 2.95. The van der Waals surface area contributed by atoms with Gasteiger partial charge in [-0.05, 0) is 43.2 Å². The lowest BCUT2D eigenvalue weighted by molar-refractivity contribution is -0.121. The molecule has 3 rings (SSSR count). The number of amides is 2. The van der Waals surface area contributed by atoms with Gasteiger partial charge in [0.1, 0.15) is 11.8 Å². The van der Waals surface area contributed by atoms with Gasteiger partial charge in [-0.1, -0.05) is 31.2 Å². The van der Waals surface area contributed by atoms with Gasteiger partial charge in [0.25, 0.3) is 5.91 Å². The predicted molar refractivity (Wildman–Crippen MR) is 98.0 cm³/mol. The summed E-state index contributed by atoms with van der Waals surface area (Å²) in [5.74, 6) is 0.247. The Hall–Kier alpha value is -2.82. The fourth-order valence-electron chi connectivity index (χ4n) is 2.95. The third-order valence-corrected chi connectivity index (χ3v) is 4.27. The number of aryl methyl sites for hydroxylation is 1. The van der Waals surface area contributed by atoms with Gasteiger partial charge in [0.05, 0.1) is 24.4 Å². The molecular weight excluding hydrogens is 316 g/mol. The standard InChI is InChI=1S/C20H22N2O3/c1-3-14-9-11-15(12-10-14)22-19(23)13-17(20(22)24)21-16-7-5-6-8-18(16)25-4-2/h5-12,17,21H,3-4,13H2,1-2H3. The van der Waals surface area contributed by atoms with Crippen LogP contribution in [0.2, 0.25) is 0 Å². The molecule has 1 aliphatic rings. The molecule has 1 fully saturated rings. The number of imide groups is 1. The molecule has 1 heterocycles. The van der Waals surface area contributed by atoms with E-state index >= 15 is 0 Å². The highest BCUT2D eigenvalue weighted by molar-refractivity contribution is 6.23. The highest BCUT2D eigenvalue weighted by Crippen LogP contribution is 2.29. The lowest BCUT2D eigenvalue weighted by atomic mass is 10.1. The number of anilines is 2. The smallest absolute Gasteiger partial charge is 0.256 e. The van der Waals surface area contributed by atoms with Crippen molar-refractivity contribution in [2.45, 2.75) is 32.7 Å². The van der Waals surface area contributed by atoms with Gasteiger partial charge in [-0.3, -0.25) is 9.59 Å². The Balaban J connectivity index is 1.79. The van der Waals surface area contributed by atoms with Crippen molar-refractivity contribution in [3.05, 3.63) is 54.1 Å². The van der Waals surface area contributed by atoms with Crippen molar-refractivity contribution < 1.29 is 14.3 Å². The predicted octanol–water partition coefficient (Wildman–Crippen LogP) is 3.39. The van der Waals surface area contributed by atoms with Crippen LogP contribution in [0.25, 0.3) is 0 Å². The van der Waals surface area contributed by atoms with Crippen molar-refractivity contribution in [3.8, 4) is 5.75 Å². The molecule has 2 aromatic rings. The summed E-state index contributed by atoms with van der Waals surface area (Å²) in [4.78, 5) is 26.4. The van der Waals surface area contributed by atoms with Gasteiger partial charge >= 0.3 is 0 Å². The largest absolute Gasteiger partial charge is 0.492 e. The molecule has 0 bridgehead atoms. The first-order valence-corrected chi connectivity index (χ1v) is 8.58. The third-order valence-electron chi connectivity index (χ3n) is 4.27. The second-order valence-electron chi connectivity index (χ2n) is 5.92. The number of carbonyl (C=O) groups excluding carboxylic acids is 2. The first-order chi connectivity index (χ1) is 12.1. The zero-order chi connectivity index (χ0) is 17.8. The number of hydrogen-bond donors (Lipinski definition) is 1. The van der Waals surface area contributed by atoms with Crippen molar-refractivity contribution in [3.63, 3.8) is 0 Å². The van der Waals surface area contributed by atoms with Crippen LogP contribution < -0.4 is 15.0 Å². The lowest BCUT2D eigenvalue weighted by Gasteiger charge is -2.18. The van der Waals surface area contributed by atoms with E-state index in [1.807, 2.05) is 55.5 Å². The van der Waals surface area contributed by atoms with Gasteiger partial charge in [-0.2, -0.15) is 0 Å². The Labute approximate surface area is 147 Å². The average Bonchev–Trinajstić information content (AvgIpc) is 2.90. The summed E-state index contributed by atoms with van der Waals surface area (Å²) in [6.45, 7) is 4.51. The zero-order valence-corrected chi connectivity index (χ0v) is 14.5.